The van der Waals surface area contributed by atoms with Crippen molar-refractivity contribution in [3.05, 3.63) is 50.6 Å². The molecule has 1 aromatic carbocycles. The number of hydrogen-bond donors (Lipinski definition) is 0. The molecular formula is C23H29ClIN3O4. The first-order valence-corrected chi connectivity index (χ1v) is 12.2. The number of imidazole rings is 1. The molecule has 0 amide bonds. The van der Waals surface area contributed by atoms with Crippen LogP contribution in [0.5, 0.6) is 0 Å². The minimum Gasteiger partial charge on any atom is -0.465 e. The van der Waals surface area contributed by atoms with E-state index < -0.39 is 18.3 Å². The number of nitrogens with zero attached hydrogens (tertiary/aromatic N) is 3. The standard InChI is InChI=1S/C23H29ClIN3O4/c1-5-31-22(29)20(6-14(2)3)28-15(4)32-23(30)21(28)10-19-11-26-13-27(19)12-16-7-17(24)9-18(25)8-16/h7-9,11,13-15,20-21H,5-6,10,12H2,1-4H3. The normalized spacial score (nSPS) is 19.9. The van der Waals surface area contributed by atoms with Gasteiger partial charge < -0.3 is 14.0 Å². The molecule has 3 atom stereocenters. The summed E-state index contributed by atoms with van der Waals surface area (Å²) >= 11 is 8.45. The van der Waals surface area contributed by atoms with Crippen LogP contribution in [-0.2, 0) is 32.0 Å². The van der Waals surface area contributed by atoms with Crippen LogP contribution < -0.4 is 0 Å². The summed E-state index contributed by atoms with van der Waals surface area (Å²) in [5.41, 5.74) is 1.93. The second-order valence-corrected chi connectivity index (χ2v) is 10.1. The van der Waals surface area contributed by atoms with Gasteiger partial charge in [-0.05, 0) is 72.5 Å². The van der Waals surface area contributed by atoms with Crippen molar-refractivity contribution < 1.29 is 19.1 Å². The van der Waals surface area contributed by atoms with Gasteiger partial charge >= 0.3 is 11.9 Å². The van der Waals surface area contributed by atoms with Gasteiger partial charge in [-0.1, -0.05) is 25.4 Å². The number of carbonyl (C=O) groups is 2. The lowest BCUT2D eigenvalue weighted by Crippen LogP contribution is -2.50. The lowest BCUT2D eigenvalue weighted by Gasteiger charge is -2.32. The van der Waals surface area contributed by atoms with Crippen molar-refractivity contribution in [3.8, 4) is 0 Å². The Morgan fingerprint density at radius 2 is 2.09 bits per heavy atom. The van der Waals surface area contributed by atoms with Crippen LogP contribution in [0.1, 0.15) is 45.4 Å². The van der Waals surface area contributed by atoms with E-state index in [1.54, 1.807) is 26.4 Å². The fraction of sp³-hybridized carbons (Fsp3) is 0.522. The molecule has 1 saturated heterocycles. The van der Waals surface area contributed by atoms with E-state index >= 15 is 0 Å². The first-order chi connectivity index (χ1) is 15.2. The van der Waals surface area contributed by atoms with Crippen molar-refractivity contribution in [1.82, 2.24) is 14.5 Å². The molecule has 1 aromatic heterocycles. The van der Waals surface area contributed by atoms with Crippen molar-refractivity contribution in [3.63, 3.8) is 0 Å². The van der Waals surface area contributed by atoms with Gasteiger partial charge in [0.25, 0.3) is 0 Å². The molecule has 2 aromatic rings. The molecular weight excluding hydrogens is 545 g/mol. The molecule has 7 nitrogen and oxygen atoms in total. The van der Waals surface area contributed by atoms with Gasteiger partial charge in [0, 0.05) is 33.4 Å². The van der Waals surface area contributed by atoms with Crippen LogP contribution in [-0.4, -0.2) is 51.3 Å². The highest BCUT2D eigenvalue weighted by molar-refractivity contribution is 14.1. The molecule has 3 rings (SSSR count). The number of benzene rings is 1. The number of carbonyl (C=O) groups excluding carboxylic acids is 2. The molecule has 0 bridgehead atoms. The maximum absolute atomic E-state index is 12.8. The Labute approximate surface area is 207 Å². The molecule has 1 fully saturated rings. The van der Waals surface area contributed by atoms with Crippen LogP contribution in [0.25, 0.3) is 0 Å². The third kappa shape index (κ3) is 6.02. The van der Waals surface area contributed by atoms with E-state index in [1.165, 1.54) is 0 Å². The zero-order chi connectivity index (χ0) is 23.4. The predicted octanol–water partition coefficient (Wildman–Crippen LogP) is 4.28. The molecule has 0 spiro atoms. The highest BCUT2D eigenvalue weighted by Crippen LogP contribution is 2.28. The number of ether oxygens (including phenoxy) is 2. The van der Waals surface area contributed by atoms with E-state index in [-0.39, 0.29) is 17.9 Å². The molecule has 1 aliphatic rings. The first-order valence-electron chi connectivity index (χ1n) is 10.8. The highest BCUT2D eigenvalue weighted by Gasteiger charge is 2.46. The lowest BCUT2D eigenvalue weighted by molar-refractivity contribution is -0.153. The van der Waals surface area contributed by atoms with Crippen LogP contribution in [0.15, 0.2) is 30.7 Å². The molecule has 0 N–H and O–H groups in total. The summed E-state index contributed by atoms with van der Waals surface area (Å²) in [6.07, 6.45) is 3.96. The fourth-order valence-corrected chi connectivity index (χ4v) is 5.30. The average Bonchev–Trinajstić information content (AvgIpc) is 3.23. The predicted molar refractivity (Wildman–Crippen MR) is 130 cm³/mol. The Morgan fingerprint density at radius 3 is 2.75 bits per heavy atom. The largest absolute Gasteiger partial charge is 0.465 e. The summed E-state index contributed by atoms with van der Waals surface area (Å²) in [7, 11) is 0. The smallest absolute Gasteiger partial charge is 0.325 e. The number of rotatable bonds is 9. The average molecular weight is 574 g/mol. The van der Waals surface area contributed by atoms with E-state index in [4.69, 9.17) is 21.1 Å². The fourth-order valence-electron chi connectivity index (χ4n) is 4.12. The van der Waals surface area contributed by atoms with Crippen molar-refractivity contribution in [2.75, 3.05) is 6.61 Å². The summed E-state index contributed by atoms with van der Waals surface area (Å²) in [4.78, 5) is 31.7. The van der Waals surface area contributed by atoms with E-state index in [2.05, 4.69) is 33.6 Å². The Kier molecular flexibility index (Phi) is 8.57. The molecule has 0 saturated carbocycles. The van der Waals surface area contributed by atoms with Crippen LogP contribution in [0.4, 0.5) is 0 Å². The lowest BCUT2D eigenvalue weighted by atomic mass is 9.99. The van der Waals surface area contributed by atoms with Crippen LogP contribution in [0.2, 0.25) is 5.02 Å². The Bertz CT molecular complexity index is 944. The van der Waals surface area contributed by atoms with Gasteiger partial charge in [-0.2, -0.15) is 0 Å². The number of aromatic nitrogens is 2. The van der Waals surface area contributed by atoms with Gasteiger partial charge in [0.15, 0.2) is 6.23 Å². The zero-order valence-electron chi connectivity index (χ0n) is 18.8. The number of halogens is 2. The third-order valence-corrected chi connectivity index (χ3v) is 6.27. The Hall–Kier alpha value is -1.65. The number of cyclic esters (lactones) is 1. The molecule has 3 unspecified atom stereocenters. The van der Waals surface area contributed by atoms with E-state index in [0.29, 0.717) is 31.0 Å². The maximum atomic E-state index is 12.8. The molecule has 0 aliphatic carbocycles. The summed E-state index contributed by atoms with van der Waals surface area (Å²) in [6, 6.07) is 4.75. The van der Waals surface area contributed by atoms with E-state index in [0.717, 1.165) is 14.8 Å². The quantitative estimate of drug-likeness (QED) is 0.329. The van der Waals surface area contributed by atoms with Gasteiger partial charge in [-0.15, -0.1) is 0 Å². The minimum atomic E-state index is -0.590. The molecule has 1 aliphatic heterocycles. The summed E-state index contributed by atoms with van der Waals surface area (Å²) in [6.45, 7) is 8.55. The molecule has 32 heavy (non-hydrogen) atoms. The van der Waals surface area contributed by atoms with Crippen molar-refractivity contribution in [1.29, 1.82) is 0 Å². The number of esters is 2. The first kappa shape index (κ1) is 25.0. The Morgan fingerprint density at radius 1 is 1.34 bits per heavy atom. The monoisotopic (exact) mass is 573 g/mol. The van der Waals surface area contributed by atoms with Crippen LogP contribution >= 0.6 is 34.2 Å². The SMILES string of the molecule is CCOC(=O)C(CC(C)C)N1C(C)OC(=O)C1Cc1cncn1Cc1cc(Cl)cc(I)c1. The van der Waals surface area contributed by atoms with Gasteiger partial charge in [-0.25, -0.2) is 9.88 Å². The Balaban J connectivity index is 1.85. The van der Waals surface area contributed by atoms with Crippen LogP contribution in [0.3, 0.4) is 0 Å². The summed E-state index contributed by atoms with van der Waals surface area (Å²) in [5.74, 6) is -0.400. The topological polar surface area (TPSA) is 73.7 Å². The van der Waals surface area contributed by atoms with Crippen LogP contribution in [0, 0.1) is 9.49 Å². The number of hydrogen-bond acceptors (Lipinski definition) is 6. The second-order valence-electron chi connectivity index (χ2n) is 8.39. The molecule has 174 valence electrons. The van der Waals surface area contributed by atoms with Crippen molar-refractivity contribution >= 4 is 46.1 Å². The van der Waals surface area contributed by atoms with Gasteiger partial charge in [-0.3, -0.25) is 9.59 Å². The van der Waals surface area contributed by atoms with E-state index in [9.17, 15) is 9.59 Å². The maximum Gasteiger partial charge on any atom is 0.325 e. The van der Waals surface area contributed by atoms with Gasteiger partial charge in [0.1, 0.15) is 12.1 Å². The van der Waals surface area contributed by atoms with Gasteiger partial charge in [0.05, 0.1) is 12.9 Å². The summed E-state index contributed by atoms with van der Waals surface area (Å²) < 4.78 is 13.9. The van der Waals surface area contributed by atoms with Crippen molar-refractivity contribution in [2.45, 2.75) is 65.4 Å². The van der Waals surface area contributed by atoms with Gasteiger partial charge in [0.2, 0.25) is 0 Å². The molecule has 0 radical (unpaired) electrons. The summed E-state index contributed by atoms with van der Waals surface area (Å²) in [5, 5.41) is 0.680. The zero-order valence-corrected chi connectivity index (χ0v) is 21.7. The third-order valence-electron chi connectivity index (χ3n) is 5.43. The molecule has 9 heteroatoms. The highest BCUT2D eigenvalue weighted by atomic mass is 127. The van der Waals surface area contributed by atoms with E-state index in [1.807, 2.05) is 35.4 Å². The minimum absolute atomic E-state index is 0.254. The second kappa shape index (κ2) is 11.0. The molecule has 2 heterocycles. The van der Waals surface area contributed by atoms with Crippen molar-refractivity contribution in [2.24, 2.45) is 5.92 Å².